The smallest absolute Gasteiger partial charge is 0.153 e. The van der Waals surface area contributed by atoms with Crippen LogP contribution in [-0.2, 0) is 12.8 Å². The first kappa shape index (κ1) is 62.1. The highest BCUT2D eigenvalue weighted by Gasteiger charge is 2.29. The molecule has 0 saturated carbocycles. The molecule has 0 aliphatic heterocycles. The van der Waals surface area contributed by atoms with Crippen LogP contribution in [0.25, 0.3) is 51.4 Å². The number of hydrogen-bond donors (Lipinski definition) is 0. The van der Waals surface area contributed by atoms with Gasteiger partial charge in [-0.25, -0.2) is 13.2 Å². The SMILES string of the molecule is CCCCCCCCCCC(CCCCCCCC)Cc1cc(-c2c(F)c(Cl)c(-c3cc(CC(CCCCCCCC)CCCCCCCCCC)c(-c4cc(F)c(-c5sc(C)cc5F)s4)s3)c3nsnc23)sc1C. The molecule has 2 nitrogen and oxygen atoms in total. The predicted octanol–water partition coefficient (Wildman–Crippen LogP) is 25.2. The number of rotatable bonds is 40. The summed E-state index contributed by atoms with van der Waals surface area (Å²) < 4.78 is 58.5. The van der Waals surface area contributed by atoms with Gasteiger partial charge >= 0.3 is 0 Å². The van der Waals surface area contributed by atoms with Crippen molar-refractivity contribution in [2.24, 2.45) is 11.8 Å². The summed E-state index contributed by atoms with van der Waals surface area (Å²) in [6, 6.07) is 7.50. The quantitative estimate of drug-likeness (QED) is 0.0358. The Kier molecular flexibility index (Phi) is 28.3. The zero-order valence-corrected chi connectivity index (χ0v) is 51.8. The van der Waals surface area contributed by atoms with E-state index in [1.165, 1.54) is 243 Å². The van der Waals surface area contributed by atoms with Gasteiger partial charge < -0.3 is 0 Å². The van der Waals surface area contributed by atoms with Crippen LogP contribution in [-0.4, -0.2) is 8.75 Å². The maximum atomic E-state index is 17.5. The van der Waals surface area contributed by atoms with E-state index in [1.54, 1.807) is 17.4 Å². The maximum Gasteiger partial charge on any atom is 0.153 e. The Balaban J connectivity index is 1.31. The molecule has 6 aromatic rings. The van der Waals surface area contributed by atoms with Crippen molar-refractivity contribution in [2.45, 2.75) is 260 Å². The summed E-state index contributed by atoms with van der Waals surface area (Å²) in [4.78, 5) is 6.12. The lowest BCUT2D eigenvalue weighted by Gasteiger charge is -2.17. The first-order chi connectivity index (χ1) is 36.6. The fourth-order valence-electron chi connectivity index (χ4n) is 11.3. The van der Waals surface area contributed by atoms with E-state index in [0.717, 1.165) is 67.4 Å². The normalized spacial score (nSPS) is 12.8. The van der Waals surface area contributed by atoms with Crippen LogP contribution in [0.1, 0.15) is 254 Å². The van der Waals surface area contributed by atoms with E-state index in [4.69, 9.17) is 20.3 Å². The average Bonchev–Trinajstić information content (AvgIpc) is 4.25. The number of halogens is 4. The van der Waals surface area contributed by atoms with Gasteiger partial charge in [0.1, 0.15) is 22.7 Å². The summed E-state index contributed by atoms with van der Waals surface area (Å²) in [6.07, 6.45) is 42.9. The number of fused-ring (bicyclic) bond motifs is 1. The van der Waals surface area contributed by atoms with Gasteiger partial charge in [-0.3, -0.25) is 0 Å². The number of unbranched alkanes of at least 4 members (excludes halogenated alkanes) is 24. The minimum Gasteiger partial charge on any atom is -0.205 e. The number of nitrogens with zero attached hydrogens (tertiary/aromatic N) is 2. The van der Waals surface area contributed by atoms with Crippen molar-refractivity contribution in [1.29, 1.82) is 0 Å². The summed E-state index contributed by atoms with van der Waals surface area (Å²) in [6.45, 7) is 13.2. The predicted molar refractivity (Wildman–Crippen MR) is 330 cm³/mol. The van der Waals surface area contributed by atoms with Gasteiger partial charge in [-0.2, -0.15) is 8.75 Å². The lowest BCUT2D eigenvalue weighted by Crippen LogP contribution is -2.05. The molecule has 0 spiro atoms. The molecule has 0 fully saturated rings. The molecule has 416 valence electrons. The first-order valence-electron chi connectivity index (χ1n) is 30.0. The van der Waals surface area contributed by atoms with Gasteiger partial charge in [0.2, 0.25) is 0 Å². The molecule has 0 saturated heterocycles. The molecule has 0 N–H and O–H groups in total. The lowest BCUT2D eigenvalue weighted by atomic mass is 9.88. The van der Waals surface area contributed by atoms with Crippen molar-refractivity contribution in [1.82, 2.24) is 8.75 Å². The van der Waals surface area contributed by atoms with Gasteiger partial charge in [0, 0.05) is 34.8 Å². The first-order valence-corrected chi connectivity index (χ1v) is 34.4. The van der Waals surface area contributed by atoms with Crippen LogP contribution < -0.4 is 0 Å². The number of benzene rings is 1. The summed E-state index contributed by atoms with van der Waals surface area (Å²) >= 11 is 14.2. The topological polar surface area (TPSA) is 25.8 Å². The third kappa shape index (κ3) is 19.0. The second kappa shape index (κ2) is 34.1. The fraction of sp³-hybridized carbons (Fsp3) is 0.656. The van der Waals surface area contributed by atoms with Crippen LogP contribution in [0.4, 0.5) is 13.2 Å². The van der Waals surface area contributed by atoms with Gasteiger partial charge in [0.25, 0.3) is 0 Å². The van der Waals surface area contributed by atoms with E-state index >= 15 is 13.2 Å². The third-order valence-electron chi connectivity index (χ3n) is 15.7. The molecule has 1 aromatic carbocycles. The lowest BCUT2D eigenvalue weighted by molar-refractivity contribution is 0.400. The molecule has 0 aliphatic carbocycles. The molecule has 0 aliphatic rings. The molecule has 11 heteroatoms. The van der Waals surface area contributed by atoms with Crippen molar-refractivity contribution < 1.29 is 13.2 Å². The number of aromatic nitrogens is 2. The van der Waals surface area contributed by atoms with Crippen LogP contribution in [0.3, 0.4) is 0 Å². The molecule has 0 amide bonds. The number of aryl methyl sites for hydroxylation is 2. The summed E-state index contributed by atoms with van der Waals surface area (Å²) in [5, 5.41) is 0.0598. The Hall–Kier alpha value is -2.08. The number of thiophene rings is 4. The van der Waals surface area contributed by atoms with Gasteiger partial charge in [0.15, 0.2) is 5.82 Å². The van der Waals surface area contributed by atoms with E-state index in [0.29, 0.717) is 43.8 Å². The van der Waals surface area contributed by atoms with Crippen molar-refractivity contribution in [2.75, 3.05) is 0 Å². The molecular weight excluding hydrogens is 1050 g/mol. The van der Waals surface area contributed by atoms with E-state index in [9.17, 15) is 0 Å². The van der Waals surface area contributed by atoms with Crippen molar-refractivity contribution in [3.05, 3.63) is 67.6 Å². The molecule has 2 atom stereocenters. The summed E-state index contributed by atoms with van der Waals surface area (Å²) in [7, 11) is 0. The van der Waals surface area contributed by atoms with Crippen LogP contribution in [0, 0.1) is 43.1 Å². The molecule has 75 heavy (non-hydrogen) atoms. The van der Waals surface area contributed by atoms with E-state index in [-0.39, 0.29) is 10.8 Å². The highest BCUT2D eigenvalue weighted by atomic mass is 35.5. The minimum absolute atomic E-state index is 0.0598. The highest BCUT2D eigenvalue weighted by molar-refractivity contribution is 7.27. The molecule has 5 heterocycles. The van der Waals surface area contributed by atoms with Crippen LogP contribution in [0.15, 0.2) is 24.3 Å². The Morgan fingerprint density at radius 3 is 1.28 bits per heavy atom. The van der Waals surface area contributed by atoms with Gasteiger partial charge in [-0.15, -0.1) is 45.3 Å². The molecule has 2 unspecified atom stereocenters. The Labute approximate surface area is 477 Å². The molecule has 0 radical (unpaired) electrons. The van der Waals surface area contributed by atoms with E-state index < -0.39 is 11.6 Å². The van der Waals surface area contributed by atoms with Gasteiger partial charge in [0.05, 0.1) is 32.1 Å². The van der Waals surface area contributed by atoms with Crippen molar-refractivity contribution >= 4 is 79.7 Å². The fourth-order valence-corrected chi connectivity index (χ4v) is 16.7. The van der Waals surface area contributed by atoms with E-state index in [2.05, 4.69) is 46.8 Å². The number of hydrogen-bond acceptors (Lipinski definition) is 7. The Morgan fingerprint density at radius 2 is 0.813 bits per heavy atom. The van der Waals surface area contributed by atoms with Crippen molar-refractivity contribution in [3.8, 4) is 40.4 Å². The zero-order valence-electron chi connectivity index (χ0n) is 47.0. The Bertz CT molecular complexity index is 2550. The largest absolute Gasteiger partial charge is 0.205 e. The summed E-state index contributed by atoms with van der Waals surface area (Å²) in [5.41, 5.74) is 4.61. The minimum atomic E-state index is -0.456. The van der Waals surface area contributed by atoms with Crippen LogP contribution in [0.5, 0.6) is 0 Å². The summed E-state index contributed by atoms with van der Waals surface area (Å²) in [5.74, 6) is -0.185. The van der Waals surface area contributed by atoms with E-state index in [1.807, 2.05) is 6.92 Å². The molecule has 5 aromatic heterocycles. The van der Waals surface area contributed by atoms with Gasteiger partial charge in [-0.1, -0.05) is 245 Å². The second-order valence-corrected chi connectivity index (χ2v) is 27.6. The maximum absolute atomic E-state index is 17.5. The zero-order chi connectivity index (χ0) is 53.4. The van der Waals surface area contributed by atoms with Crippen LogP contribution in [0.2, 0.25) is 5.02 Å². The molecular formula is C64H92ClF3N2S5. The average molecular weight is 1140 g/mol. The third-order valence-corrected chi connectivity index (χ3v) is 21.4. The Morgan fingerprint density at radius 1 is 0.427 bits per heavy atom. The van der Waals surface area contributed by atoms with Crippen molar-refractivity contribution in [3.63, 3.8) is 0 Å². The van der Waals surface area contributed by atoms with Crippen LogP contribution >= 0.6 is 68.7 Å². The standard InChI is InChI=1S/C64H92ClF3N2S5/c1-7-11-15-19-23-25-29-33-36-47(35-31-27-21-17-13-9-3)40-49-42-54(72-46(49)6)57-59(68)58(65)56(60-61(57)70-75-69-60)53-43-50(62(73-53)55-44-52(67)64(74-55)63-51(66)39-45(5)71-63)41-48(37-32-28-22-18-14-10-4)38-34-30-26-24-20-16-12-8-2/h39,42-44,47-48H,7-38,40-41H2,1-6H3. The molecule has 6 rings (SSSR count). The second-order valence-electron chi connectivity index (χ2n) is 22.1. The van der Waals surface area contributed by atoms with Gasteiger partial charge in [-0.05, 0) is 73.9 Å². The monoisotopic (exact) mass is 1140 g/mol. The molecule has 0 bridgehead atoms. The highest BCUT2D eigenvalue weighted by Crippen LogP contribution is 2.51.